The average molecular weight is 329 g/mol. The molecule has 0 aromatic heterocycles. The number of hydrogen-bond acceptors (Lipinski definition) is 3. The monoisotopic (exact) mass is 329 g/mol. The van der Waals surface area contributed by atoms with E-state index < -0.39 is 21.0 Å². The third kappa shape index (κ3) is 4.29. The topological polar surface area (TPSA) is 54.5 Å². The van der Waals surface area contributed by atoms with Gasteiger partial charge in [-0.3, -0.25) is 4.79 Å². The number of halogens is 1. The van der Waals surface area contributed by atoms with Crippen molar-refractivity contribution < 1.29 is 17.6 Å². The second kappa shape index (κ2) is 7.72. The molecule has 124 valence electrons. The van der Waals surface area contributed by atoms with Crippen LogP contribution in [-0.4, -0.2) is 36.8 Å². The van der Waals surface area contributed by atoms with E-state index in [9.17, 15) is 17.6 Å². The quantitative estimate of drug-likeness (QED) is 0.773. The highest BCUT2D eigenvalue weighted by molar-refractivity contribution is 7.92. The summed E-state index contributed by atoms with van der Waals surface area (Å²) < 4.78 is 37.2. The Labute approximate surface area is 132 Å². The van der Waals surface area contributed by atoms with E-state index >= 15 is 0 Å². The molecule has 0 spiro atoms. The summed E-state index contributed by atoms with van der Waals surface area (Å²) >= 11 is 0. The van der Waals surface area contributed by atoms with E-state index in [-0.39, 0.29) is 17.6 Å². The van der Waals surface area contributed by atoms with Gasteiger partial charge in [0, 0.05) is 6.54 Å². The van der Waals surface area contributed by atoms with Crippen LogP contribution in [0.3, 0.4) is 0 Å². The maximum Gasteiger partial charge on any atom is 0.241 e. The first-order valence-electron chi connectivity index (χ1n) is 7.52. The smallest absolute Gasteiger partial charge is 0.241 e. The van der Waals surface area contributed by atoms with Crippen LogP contribution in [0.1, 0.15) is 45.7 Å². The van der Waals surface area contributed by atoms with Gasteiger partial charge >= 0.3 is 0 Å². The predicted octanol–water partition coefficient (Wildman–Crippen LogP) is 2.95. The fourth-order valence-corrected chi connectivity index (χ4v) is 3.76. The number of carbonyl (C=O) groups is 1. The van der Waals surface area contributed by atoms with Gasteiger partial charge in [0.2, 0.25) is 5.91 Å². The molecule has 0 heterocycles. The van der Waals surface area contributed by atoms with Gasteiger partial charge in [-0.1, -0.05) is 19.1 Å². The molecule has 1 aromatic carbocycles. The average Bonchev–Trinajstić information content (AvgIpc) is 2.47. The molecule has 0 aliphatic rings. The van der Waals surface area contributed by atoms with Gasteiger partial charge in [0.1, 0.15) is 11.1 Å². The molecule has 22 heavy (non-hydrogen) atoms. The molecule has 0 unspecified atom stereocenters. The van der Waals surface area contributed by atoms with E-state index in [1.54, 1.807) is 26.0 Å². The number of rotatable bonds is 7. The van der Waals surface area contributed by atoms with Crippen LogP contribution >= 0.6 is 0 Å². The number of amides is 1. The Morgan fingerprint density at radius 2 is 1.73 bits per heavy atom. The second-order valence-electron chi connectivity index (χ2n) is 5.36. The molecule has 1 aromatic rings. The summed E-state index contributed by atoms with van der Waals surface area (Å²) in [6, 6.07) is 5.59. The molecule has 0 saturated heterocycles. The van der Waals surface area contributed by atoms with E-state index in [0.29, 0.717) is 13.0 Å². The van der Waals surface area contributed by atoms with E-state index in [0.717, 1.165) is 5.56 Å². The summed E-state index contributed by atoms with van der Waals surface area (Å²) in [5.41, 5.74) is 0.775. The molecule has 0 aliphatic carbocycles. The lowest BCUT2D eigenvalue weighted by Crippen LogP contribution is -2.43. The lowest BCUT2D eigenvalue weighted by Gasteiger charge is -2.30. The van der Waals surface area contributed by atoms with E-state index in [1.165, 1.54) is 24.0 Å². The lowest BCUT2D eigenvalue weighted by atomic mass is 10.1. The molecule has 0 radical (unpaired) electrons. The lowest BCUT2D eigenvalue weighted by molar-refractivity contribution is -0.132. The van der Waals surface area contributed by atoms with Gasteiger partial charge in [-0.25, -0.2) is 12.8 Å². The minimum atomic E-state index is -3.44. The molecule has 0 bridgehead atoms. The molecule has 0 aliphatic heterocycles. The molecular weight excluding hydrogens is 305 g/mol. The van der Waals surface area contributed by atoms with Crippen molar-refractivity contribution in [2.75, 3.05) is 12.3 Å². The molecule has 0 saturated carbocycles. The van der Waals surface area contributed by atoms with E-state index in [1.807, 2.05) is 6.92 Å². The van der Waals surface area contributed by atoms with Crippen molar-refractivity contribution in [3.8, 4) is 0 Å². The van der Waals surface area contributed by atoms with Gasteiger partial charge < -0.3 is 4.90 Å². The Morgan fingerprint density at radius 1 is 1.18 bits per heavy atom. The van der Waals surface area contributed by atoms with Crippen molar-refractivity contribution in [2.24, 2.45) is 0 Å². The van der Waals surface area contributed by atoms with Crippen LogP contribution in [0.2, 0.25) is 0 Å². The highest BCUT2D eigenvalue weighted by atomic mass is 32.2. The molecule has 1 amide bonds. The van der Waals surface area contributed by atoms with Crippen molar-refractivity contribution in [3.63, 3.8) is 0 Å². The number of nitrogens with zero attached hydrogens (tertiary/aromatic N) is 1. The number of benzene rings is 1. The minimum absolute atomic E-state index is 0.00237. The molecular formula is C16H24FNO3S. The number of hydrogen-bond donors (Lipinski definition) is 0. The SMILES string of the molecule is CCCS(=O)(=O)[C@@H](C)C(=O)N(CC)[C@H](C)c1ccc(F)cc1. The maximum atomic E-state index is 13.0. The minimum Gasteiger partial charge on any atom is -0.335 e. The zero-order valence-corrected chi connectivity index (χ0v) is 14.4. The van der Waals surface area contributed by atoms with Gasteiger partial charge in [0.15, 0.2) is 9.84 Å². The molecule has 4 nitrogen and oxygen atoms in total. The molecule has 6 heteroatoms. The largest absolute Gasteiger partial charge is 0.335 e. The Bertz CT molecular complexity index is 598. The van der Waals surface area contributed by atoms with Crippen molar-refractivity contribution in [1.29, 1.82) is 0 Å². The van der Waals surface area contributed by atoms with Crippen LogP contribution in [0.15, 0.2) is 24.3 Å². The first-order valence-corrected chi connectivity index (χ1v) is 9.23. The maximum absolute atomic E-state index is 13.0. The second-order valence-corrected chi connectivity index (χ2v) is 7.80. The van der Waals surface area contributed by atoms with Crippen LogP contribution in [0.25, 0.3) is 0 Å². The third-order valence-corrected chi connectivity index (χ3v) is 6.08. The third-order valence-electron chi connectivity index (χ3n) is 3.82. The summed E-state index contributed by atoms with van der Waals surface area (Å²) in [7, 11) is -3.44. The summed E-state index contributed by atoms with van der Waals surface area (Å²) in [5.74, 6) is -0.750. The van der Waals surface area contributed by atoms with Crippen LogP contribution in [0, 0.1) is 5.82 Å². The van der Waals surface area contributed by atoms with Gasteiger partial charge in [0.05, 0.1) is 11.8 Å². The highest BCUT2D eigenvalue weighted by Gasteiger charge is 2.32. The first-order chi connectivity index (χ1) is 10.2. The van der Waals surface area contributed by atoms with Crippen LogP contribution in [0.5, 0.6) is 0 Å². The van der Waals surface area contributed by atoms with Crippen molar-refractivity contribution in [3.05, 3.63) is 35.6 Å². The Balaban J connectivity index is 2.99. The standard InChI is InChI=1S/C16H24FNO3S/c1-5-11-22(20,21)13(4)16(19)18(6-2)12(3)14-7-9-15(17)10-8-14/h7-10,12-13H,5-6,11H2,1-4H3/t12-,13+/m1/s1. The Hall–Kier alpha value is -1.43. The van der Waals surface area contributed by atoms with Gasteiger partial charge in [-0.2, -0.15) is 0 Å². The van der Waals surface area contributed by atoms with Crippen molar-refractivity contribution in [1.82, 2.24) is 4.90 Å². The Kier molecular flexibility index (Phi) is 6.53. The van der Waals surface area contributed by atoms with Gasteiger partial charge in [-0.05, 0) is 44.9 Å². The normalized spacial score (nSPS) is 14.4. The van der Waals surface area contributed by atoms with Crippen LogP contribution in [0.4, 0.5) is 4.39 Å². The zero-order chi connectivity index (χ0) is 16.9. The first kappa shape index (κ1) is 18.6. The molecule has 0 N–H and O–H groups in total. The summed E-state index contributed by atoms with van der Waals surface area (Å²) in [4.78, 5) is 14.1. The van der Waals surface area contributed by atoms with Crippen LogP contribution in [-0.2, 0) is 14.6 Å². The van der Waals surface area contributed by atoms with E-state index in [2.05, 4.69) is 0 Å². The zero-order valence-electron chi connectivity index (χ0n) is 13.5. The van der Waals surface area contributed by atoms with Crippen molar-refractivity contribution >= 4 is 15.7 Å². The molecule has 2 atom stereocenters. The Morgan fingerprint density at radius 3 is 2.18 bits per heavy atom. The van der Waals surface area contributed by atoms with Gasteiger partial charge in [-0.15, -0.1) is 0 Å². The molecule has 1 rings (SSSR count). The highest BCUT2D eigenvalue weighted by Crippen LogP contribution is 2.22. The summed E-state index contributed by atoms with van der Waals surface area (Å²) in [5, 5.41) is -1.06. The van der Waals surface area contributed by atoms with Gasteiger partial charge in [0.25, 0.3) is 0 Å². The number of carbonyl (C=O) groups excluding carboxylic acids is 1. The van der Waals surface area contributed by atoms with Crippen LogP contribution < -0.4 is 0 Å². The molecule has 0 fully saturated rings. The fraction of sp³-hybridized carbons (Fsp3) is 0.562. The number of sulfone groups is 1. The fourth-order valence-electron chi connectivity index (χ4n) is 2.39. The van der Waals surface area contributed by atoms with Crippen molar-refractivity contribution in [2.45, 2.75) is 45.4 Å². The summed E-state index contributed by atoms with van der Waals surface area (Å²) in [6.07, 6.45) is 0.486. The summed E-state index contributed by atoms with van der Waals surface area (Å²) in [6.45, 7) is 7.22. The predicted molar refractivity (Wildman–Crippen MR) is 85.7 cm³/mol. The van der Waals surface area contributed by atoms with E-state index in [4.69, 9.17) is 0 Å².